The van der Waals surface area contributed by atoms with E-state index in [0.29, 0.717) is 5.57 Å². The second-order valence-corrected chi connectivity index (χ2v) is 3.96. The number of aliphatic hydroxyl groups excluding tert-OH is 1. The summed E-state index contributed by atoms with van der Waals surface area (Å²) in [6.45, 7) is 0.978. The van der Waals surface area contributed by atoms with E-state index in [9.17, 15) is 0 Å². The molecule has 4 heteroatoms. The molecule has 0 aliphatic carbocycles. The molecule has 1 atom stereocenters. The largest absolute Gasteiger partial charge is 0.394 e. The van der Waals surface area contributed by atoms with Crippen molar-refractivity contribution in [3.63, 3.8) is 0 Å². The van der Waals surface area contributed by atoms with E-state index in [-0.39, 0.29) is 12.6 Å². The molecule has 0 amide bonds. The van der Waals surface area contributed by atoms with Crippen molar-refractivity contribution < 1.29 is 5.11 Å². The fourth-order valence-corrected chi connectivity index (χ4v) is 2.09. The zero-order chi connectivity index (χ0) is 10.7. The predicted molar refractivity (Wildman–Crippen MR) is 57.4 cm³/mol. The molecule has 0 bridgehead atoms. The van der Waals surface area contributed by atoms with E-state index in [1.54, 1.807) is 0 Å². The number of allylic oxidation sites excluding steroid dienone is 2. The van der Waals surface area contributed by atoms with Crippen LogP contribution in [0.15, 0.2) is 16.3 Å². The van der Waals surface area contributed by atoms with E-state index in [1.165, 1.54) is 0 Å². The van der Waals surface area contributed by atoms with E-state index in [2.05, 4.69) is 16.4 Å². The standard InChI is InChI=1S/C11H15N3O/c12-6-9(10-2-1-5-13-10)11-4-3-8(7-15)14-11/h8,14-15H,1-5,7H2/b11-9-/t8-/m0/s1. The average molecular weight is 205 g/mol. The van der Waals surface area contributed by atoms with Gasteiger partial charge >= 0.3 is 0 Å². The van der Waals surface area contributed by atoms with Crippen LogP contribution in [0.1, 0.15) is 25.7 Å². The summed E-state index contributed by atoms with van der Waals surface area (Å²) in [5, 5.41) is 21.3. The lowest BCUT2D eigenvalue weighted by Gasteiger charge is -2.08. The van der Waals surface area contributed by atoms with Crippen molar-refractivity contribution in [2.45, 2.75) is 31.7 Å². The molecule has 1 saturated heterocycles. The van der Waals surface area contributed by atoms with Crippen LogP contribution >= 0.6 is 0 Å². The summed E-state index contributed by atoms with van der Waals surface area (Å²) in [4.78, 5) is 4.34. The Labute approximate surface area is 89.3 Å². The van der Waals surface area contributed by atoms with Crippen molar-refractivity contribution in [2.24, 2.45) is 4.99 Å². The number of hydrogen-bond donors (Lipinski definition) is 2. The van der Waals surface area contributed by atoms with Crippen molar-refractivity contribution >= 4 is 5.71 Å². The molecule has 0 unspecified atom stereocenters. The highest BCUT2D eigenvalue weighted by molar-refractivity contribution is 6.04. The molecule has 2 aliphatic heterocycles. The van der Waals surface area contributed by atoms with E-state index in [0.717, 1.165) is 43.6 Å². The molecule has 4 nitrogen and oxygen atoms in total. The summed E-state index contributed by atoms with van der Waals surface area (Å²) < 4.78 is 0. The zero-order valence-corrected chi connectivity index (χ0v) is 8.66. The fourth-order valence-electron chi connectivity index (χ4n) is 2.09. The molecule has 0 radical (unpaired) electrons. The lowest BCUT2D eigenvalue weighted by molar-refractivity contribution is 0.257. The molecule has 80 valence electrons. The molecule has 15 heavy (non-hydrogen) atoms. The summed E-state index contributed by atoms with van der Waals surface area (Å²) in [5.41, 5.74) is 2.62. The first-order valence-corrected chi connectivity index (χ1v) is 5.39. The number of aliphatic hydroxyl groups is 1. The second kappa shape index (κ2) is 4.45. The third kappa shape index (κ3) is 2.02. The van der Waals surface area contributed by atoms with Gasteiger partial charge in [0, 0.05) is 18.3 Å². The molecule has 0 aromatic heterocycles. The van der Waals surface area contributed by atoms with E-state index in [4.69, 9.17) is 10.4 Å². The van der Waals surface area contributed by atoms with E-state index < -0.39 is 0 Å². The van der Waals surface area contributed by atoms with Gasteiger partial charge in [-0.1, -0.05) is 0 Å². The molecule has 0 aromatic carbocycles. The van der Waals surface area contributed by atoms with Gasteiger partial charge in [0.15, 0.2) is 0 Å². The topological polar surface area (TPSA) is 68.4 Å². The maximum atomic E-state index is 9.11. The summed E-state index contributed by atoms with van der Waals surface area (Å²) in [7, 11) is 0. The number of aliphatic imine (C=N–C) groups is 1. The molecule has 2 rings (SSSR count). The Bertz CT molecular complexity index is 351. The first-order chi connectivity index (χ1) is 7.35. The molecular formula is C11H15N3O. The number of hydrogen-bond acceptors (Lipinski definition) is 4. The van der Waals surface area contributed by atoms with Gasteiger partial charge in [-0.05, 0) is 25.7 Å². The lowest BCUT2D eigenvalue weighted by Crippen LogP contribution is -2.25. The van der Waals surface area contributed by atoms with Crippen LogP contribution in [0.4, 0.5) is 0 Å². The highest BCUT2D eigenvalue weighted by atomic mass is 16.3. The maximum absolute atomic E-state index is 9.11. The zero-order valence-electron chi connectivity index (χ0n) is 8.66. The Morgan fingerprint density at radius 2 is 2.47 bits per heavy atom. The Kier molecular flexibility index (Phi) is 3.02. The van der Waals surface area contributed by atoms with Crippen LogP contribution < -0.4 is 5.32 Å². The quantitative estimate of drug-likeness (QED) is 0.653. The molecular weight excluding hydrogens is 190 g/mol. The second-order valence-electron chi connectivity index (χ2n) is 3.96. The summed E-state index contributed by atoms with van der Waals surface area (Å²) in [5.74, 6) is 0. The molecule has 2 N–H and O–H groups in total. The Morgan fingerprint density at radius 3 is 3.00 bits per heavy atom. The number of rotatable bonds is 2. The average Bonchev–Trinajstić information content (AvgIpc) is 2.89. The van der Waals surface area contributed by atoms with Crippen LogP contribution in [-0.4, -0.2) is 30.0 Å². The van der Waals surface area contributed by atoms with Gasteiger partial charge in [0.1, 0.15) is 6.07 Å². The Hall–Kier alpha value is -1.34. The SMILES string of the molecule is N#C/C(C1=NCCC1)=C1\CC[C@@H](CO)N1. The first-order valence-electron chi connectivity index (χ1n) is 5.39. The van der Waals surface area contributed by atoms with Crippen LogP contribution in [0.5, 0.6) is 0 Å². The Morgan fingerprint density at radius 1 is 1.60 bits per heavy atom. The minimum absolute atomic E-state index is 0.116. The number of nitrogens with zero attached hydrogens (tertiary/aromatic N) is 2. The highest BCUT2D eigenvalue weighted by Gasteiger charge is 2.23. The monoisotopic (exact) mass is 205 g/mol. The van der Waals surface area contributed by atoms with Crippen molar-refractivity contribution in [1.29, 1.82) is 5.26 Å². The van der Waals surface area contributed by atoms with Crippen LogP contribution in [-0.2, 0) is 0 Å². The molecule has 2 heterocycles. The molecule has 2 aliphatic rings. The molecule has 0 spiro atoms. The number of nitriles is 1. The van der Waals surface area contributed by atoms with Crippen molar-refractivity contribution in [3.8, 4) is 6.07 Å². The van der Waals surface area contributed by atoms with E-state index in [1.807, 2.05) is 0 Å². The van der Waals surface area contributed by atoms with Crippen LogP contribution in [0, 0.1) is 11.3 Å². The van der Waals surface area contributed by atoms with Gasteiger partial charge in [0.05, 0.1) is 17.9 Å². The summed E-state index contributed by atoms with van der Waals surface area (Å²) in [6, 6.07) is 2.35. The van der Waals surface area contributed by atoms with Crippen molar-refractivity contribution in [1.82, 2.24) is 5.32 Å². The van der Waals surface area contributed by atoms with E-state index >= 15 is 0 Å². The molecule has 0 aromatic rings. The van der Waals surface area contributed by atoms with Crippen LogP contribution in [0.3, 0.4) is 0 Å². The van der Waals surface area contributed by atoms with Crippen LogP contribution in [0.2, 0.25) is 0 Å². The van der Waals surface area contributed by atoms with Gasteiger partial charge < -0.3 is 10.4 Å². The van der Waals surface area contributed by atoms with Crippen LogP contribution in [0.25, 0.3) is 0 Å². The van der Waals surface area contributed by atoms with Gasteiger partial charge in [-0.3, -0.25) is 4.99 Å². The van der Waals surface area contributed by atoms with Gasteiger partial charge in [0.2, 0.25) is 0 Å². The van der Waals surface area contributed by atoms with Crippen molar-refractivity contribution in [3.05, 3.63) is 11.3 Å². The minimum atomic E-state index is 0.116. The highest BCUT2D eigenvalue weighted by Crippen LogP contribution is 2.22. The fraction of sp³-hybridized carbons (Fsp3) is 0.636. The third-order valence-electron chi connectivity index (χ3n) is 2.92. The first kappa shape index (κ1) is 10.2. The van der Waals surface area contributed by atoms with Gasteiger partial charge in [-0.15, -0.1) is 0 Å². The summed E-state index contributed by atoms with van der Waals surface area (Å²) in [6.07, 6.45) is 3.73. The minimum Gasteiger partial charge on any atom is -0.394 e. The normalized spacial score (nSPS) is 28.3. The number of nitrogens with one attached hydrogen (secondary N) is 1. The third-order valence-corrected chi connectivity index (χ3v) is 2.92. The Balaban J connectivity index is 2.19. The van der Waals surface area contributed by atoms with Crippen molar-refractivity contribution in [2.75, 3.05) is 13.2 Å². The summed E-state index contributed by atoms with van der Waals surface area (Å²) >= 11 is 0. The molecule has 1 fully saturated rings. The van der Waals surface area contributed by atoms with Gasteiger partial charge in [-0.25, -0.2) is 0 Å². The maximum Gasteiger partial charge on any atom is 0.103 e. The lowest BCUT2D eigenvalue weighted by atomic mass is 10.1. The smallest absolute Gasteiger partial charge is 0.103 e. The van der Waals surface area contributed by atoms with Gasteiger partial charge in [0.25, 0.3) is 0 Å². The molecule has 0 saturated carbocycles. The predicted octanol–water partition coefficient (Wildman–Crippen LogP) is 0.743. The van der Waals surface area contributed by atoms with Gasteiger partial charge in [-0.2, -0.15) is 5.26 Å².